The summed E-state index contributed by atoms with van der Waals surface area (Å²) in [5, 5.41) is 8.91. The average Bonchev–Trinajstić information content (AvgIpc) is 2.79. The Balaban J connectivity index is 1.58. The number of nitrogens with zero attached hydrogens (tertiary/aromatic N) is 2. The molecule has 0 aliphatic carbocycles. The summed E-state index contributed by atoms with van der Waals surface area (Å²) in [6, 6.07) is 0. The van der Waals surface area contributed by atoms with Crippen molar-refractivity contribution in [3.05, 3.63) is 0 Å². The molecule has 2 fully saturated rings. The van der Waals surface area contributed by atoms with Crippen LogP contribution in [0.15, 0.2) is 0 Å². The summed E-state index contributed by atoms with van der Waals surface area (Å²) in [7, 11) is 0. The van der Waals surface area contributed by atoms with E-state index in [4.69, 9.17) is 9.84 Å². The maximum atomic E-state index is 10.8. The molecule has 0 amide bonds. The Morgan fingerprint density at radius 1 is 1.18 bits per heavy atom. The smallest absolute Gasteiger partial charge is 0.307 e. The standard InChI is InChI=1S/C12H22N2O3/c15-12(16)11-2-5-14(10-11)4-1-3-13-6-8-17-9-7-13/h11H,1-10H2,(H,15,16). The van der Waals surface area contributed by atoms with Gasteiger partial charge < -0.3 is 14.7 Å². The van der Waals surface area contributed by atoms with E-state index in [1.54, 1.807) is 0 Å². The average molecular weight is 242 g/mol. The zero-order chi connectivity index (χ0) is 12.1. The number of carbonyl (C=O) groups is 1. The fraction of sp³-hybridized carbons (Fsp3) is 0.917. The number of morpholine rings is 1. The van der Waals surface area contributed by atoms with Crippen LogP contribution in [0.4, 0.5) is 0 Å². The Labute approximate surface area is 102 Å². The summed E-state index contributed by atoms with van der Waals surface area (Å²) >= 11 is 0. The van der Waals surface area contributed by atoms with Gasteiger partial charge in [-0.05, 0) is 32.5 Å². The molecule has 0 saturated carbocycles. The molecule has 1 atom stereocenters. The molecule has 0 aromatic carbocycles. The fourth-order valence-corrected chi connectivity index (χ4v) is 2.58. The first-order valence-electron chi connectivity index (χ1n) is 6.51. The first-order chi connectivity index (χ1) is 8.25. The number of carboxylic acids is 1. The minimum absolute atomic E-state index is 0.140. The fourth-order valence-electron chi connectivity index (χ4n) is 2.58. The van der Waals surface area contributed by atoms with E-state index < -0.39 is 5.97 Å². The number of hydrogen-bond acceptors (Lipinski definition) is 4. The lowest BCUT2D eigenvalue weighted by molar-refractivity contribution is -0.141. The first kappa shape index (κ1) is 12.8. The highest BCUT2D eigenvalue weighted by atomic mass is 16.5. The van der Waals surface area contributed by atoms with Gasteiger partial charge in [0.05, 0.1) is 19.1 Å². The van der Waals surface area contributed by atoms with Crippen molar-refractivity contribution in [3.63, 3.8) is 0 Å². The molecule has 5 heteroatoms. The van der Waals surface area contributed by atoms with Gasteiger partial charge in [0, 0.05) is 19.6 Å². The van der Waals surface area contributed by atoms with E-state index in [1.165, 1.54) is 0 Å². The molecule has 0 spiro atoms. The summed E-state index contributed by atoms with van der Waals surface area (Å²) in [4.78, 5) is 15.5. The summed E-state index contributed by atoms with van der Waals surface area (Å²) in [6.45, 7) is 7.60. The van der Waals surface area contributed by atoms with Crippen LogP contribution in [0.2, 0.25) is 0 Å². The number of aliphatic carboxylic acids is 1. The molecule has 5 nitrogen and oxygen atoms in total. The Bertz CT molecular complexity index is 254. The maximum Gasteiger partial charge on any atom is 0.307 e. The molecule has 2 aliphatic rings. The van der Waals surface area contributed by atoms with Gasteiger partial charge in [0.15, 0.2) is 0 Å². The minimum Gasteiger partial charge on any atom is -0.481 e. The van der Waals surface area contributed by atoms with Gasteiger partial charge in [0.25, 0.3) is 0 Å². The SMILES string of the molecule is O=C(O)C1CCN(CCCN2CCOCC2)C1. The molecule has 2 heterocycles. The van der Waals surface area contributed by atoms with E-state index in [2.05, 4.69) is 9.80 Å². The van der Waals surface area contributed by atoms with Crippen LogP contribution in [0.5, 0.6) is 0 Å². The normalized spacial score (nSPS) is 27.4. The molecule has 0 bridgehead atoms. The number of hydrogen-bond donors (Lipinski definition) is 1. The molecule has 17 heavy (non-hydrogen) atoms. The second-order valence-electron chi connectivity index (χ2n) is 4.93. The highest BCUT2D eigenvalue weighted by Crippen LogP contribution is 2.16. The first-order valence-corrected chi connectivity index (χ1v) is 6.51. The van der Waals surface area contributed by atoms with Crippen molar-refractivity contribution in [2.45, 2.75) is 12.8 Å². The molecular weight excluding hydrogens is 220 g/mol. The van der Waals surface area contributed by atoms with E-state index in [0.717, 1.165) is 65.3 Å². The van der Waals surface area contributed by atoms with Crippen LogP contribution in [0.3, 0.4) is 0 Å². The number of ether oxygens (including phenoxy) is 1. The van der Waals surface area contributed by atoms with Crippen molar-refractivity contribution in [3.8, 4) is 0 Å². The van der Waals surface area contributed by atoms with Crippen molar-refractivity contribution in [1.82, 2.24) is 9.80 Å². The zero-order valence-electron chi connectivity index (χ0n) is 10.3. The number of likely N-dealkylation sites (tertiary alicyclic amines) is 1. The quantitative estimate of drug-likeness (QED) is 0.742. The molecule has 2 rings (SSSR count). The van der Waals surface area contributed by atoms with E-state index in [-0.39, 0.29) is 5.92 Å². The monoisotopic (exact) mass is 242 g/mol. The number of carboxylic acid groups (broad SMARTS) is 1. The third kappa shape index (κ3) is 3.94. The molecule has 2 saturated heterocycles. The third-order valence-corrected chi connectivity index (χ3v) is 3.67. The molecule has 98 valence electrons. The van der Waals surface area contributed by atoms with Crippen LogP contribution < -0.4 is 0 Å². The summed E-state index contributed by atoms with van der Waals surface area (Å²) in [6.07, 6.45) is 1.94. The maximum absolute atomic E-state index is 10.8. The third-order valence-electron chi connectivity index (χ3n) is 3.67. The van der Waals surface area contributed by atoms with E-state index in [9.17, 15) is 4.79 Å². The van der Waals surface area contributed by atoms with Crippen molar-refractivity contribution in [2.24, 2.45) is 5.92 Å². The molecule has 0 aromatic heterocycles. The highest BCUT2D eigenvalue weighted by Gasteiger charge is 2.27. The number of rotatable bonds is 5. The molecule has 1 unspecified atom stereocenters. The molecule has 0 aromatic rings. The second kappa shape index (κ2) is 6.33. The van der Waals surface area contributed by atoms with Gasteiger partial charge >= 0.3 is 5.97 Å². The molecule has 0 radical (unpaired) electrons. The van der Waals surface area contributed by atoms with Gasteiger partial charge in [0.1, 0.15) is 0 Å². The highest BCUT2D eigenvalue weighted by molar-refractivity contribution is 5.70. The summed E-state index contributed by atoms with van der Waals surface area (Å²) < 4.78 is 5.30. The van der Waals surface area contributed by atoms with E-state index in [1.807, 2.05) is 0 Å². The lowest BCUT2D eigenvalue weighted by Gasteiger charge is -2.27. The van der Waals surface area contributed by atoms with Crippen molar-refractivity contribution in [2.75, 3.05) is 52.5 Å². The van der Waals surface area contributed by atoms with E-state index in [0.29, 0.717) is 0 Å². The van der Waals surface area contributed by atoms with Crippen molar-refractivity contribution < 1.29 is 14.6 Å². The second-order valence-corrected chi connectivity index (χ2v) is 4.93. The molecular formula is C12H22N2O3. The van der Waals surface area contributed by atoms with Crippen LogP contribution in [-0.4, -0.2) is 73.4 Å². The van der Waals surface area contributed by atoms with Gasteiger partial charge in [-0.15, -0.1) is 0 Å². The van der Waals surface area contributed by atoms with Crippen LogP contribution in [0.25, 0.3) is 0 Å². The van der Waals surface area contributed by atoms with Gasteiger partial charge in [-0.2, -0.15) is 0 Å². The Hall–Kier alpha value is -0.650. The lowest BCUT2D eigenvalue weighted by atomic mass is 10.1. The molecule has 2 aliphatic heterocycles. The van der Waals surface area contributed by atoms with Crippen LogP contribution in [-0.2, 0) is 9.53 Å². The zero-order valence-corrected chi connectivity index (χ0v) is 10.3. The van der Waals surface area contributed by atoms with E-state index >= 15 is 0 Å². The van der Waals surface area contributed by atoms with Gasteiger partial charge in [0.2, 0.25) is 0 Å². The lowest BCUT2D eigenvalue weighted by Crippen LogP contribution is -2.38. The van der Waals surface area contributed by atoms with Crippen LogP contribution in [0, 0.1) is 5.92 Å². The van der Waals surface area contributed by atoms with Crippen molar-refractivity contribution in [1.29, 1.82) is 0 Å². The molecule has 1 N–H and O–H groups in total. The van der Waals surface area contributed by atoms with Crippen LogP contribution in [0.1, 0.15) is 12.8 Å². The minimum atomic E-state index is -0.638. The van der Waals surface area contributed by atoms with Crippen LogP contribution >= 0.6 is 0 Å². The van der Waals surface area contributed by atoms with Crippen molar-refractivity contribution >= 4 is 5.97 Å². The summed E-state index contributed by atoms with van der Waals surface area (Å²) in [5.74, 6) is -0.779. The Morgan fingerprint density at radius 2 is 1.88 bits per heavy atom. The van der Waals surface area contributed by atoms with Gasteiger partial charge in [-0.1, -0.05) is 0 Å². The van der Waals surface area contributed by atoms with Gasteiger partial charge in [-0.25, -0.2) is 0 Å². The predicted octanol–water partition coefficient (Wildman–Crippen LogP) is 0.115. The predicted molar refractivity (Wildman–Crippen MR) is 64.1 cm³/mol. The topological polar surface area (TPSA) is 53.0 Å². The Morgan fingerprint density at radius 3 is 2.53 bits per heavy atom. The largest absolute Gasteiger partial charge is 0.481 e. The van der Waals surface area contributed by atoms with Gasteiger partial charge in [-0.3, -0.25) is 9.69 Å². The summed E-state index contributed by atoms with van der Waals surface area (Å²) in [5.41, 5.74) is 0. The Kier molecular flexibility index (Phi) is 4.76.